The van der Waals surface area contributed by atoms with Gasteiger partial charge in [0.25, 0.3) is 0 Å². The van der Waals surface area contributed by atoms with Crippen LogP contribution in [-0.2, 0) is 7.05 Å². The second-order valence-electron chi connectivity index (χ2n) is 1.91. The molecule has 0 radical (unpaired) electrons. The molecule has 0 aliphatic heterocycles. The van der Waals surface area contributed by atoms with Gasteiger partial charge in [-0.25, -0.2) is 0 Å². The molecule has 48 valence electrons. The zero-order valence-electron chi connectivity index (χ0n) is 5.16. The van der Waals surface area contributed by atoms with Gasteiger partial charge in [-0.2, -0.15) is 0 Å². The number of nitrogens with zero attached hydrogens (tertiary/aromatic N) is 1. The third kappa shape index (κ3) is 1.29. The molecule has 0 saturated carbocycles. The summed E-state index contributed by atoms with van der Waals surface area (Å²) in [5.74, 6) is 0. The van der Waals surface area contributed by atoms with Crippen LogP contribution < -0.4 is 5.73 Å². The van der Waals surface area contributed by atoms with Crippen molar-refractivity contribution >= 4 is 17.9 Å². The largest absolute Gasteiger partial charge is 0.398 e. The van der Waals surface area contributed by atoms with Crippen molar-refractivity contribution in [1.82, 2.24) is 4.57 Å². The number of hydrogen-bond donors (Lipinski definition) is 1. The normalized spacial score (nSPS) is 9.44. The average molecular weight is 140 g/mol. The fourth-order valence-corrected chi connectivity index (χ4v) is 0.736. The molecule has 2 nitrogen and oxygen atoms in total. The maximum atomic E-state index is 5.46. The van der Waals surface area contributed by atoms with E-state index in [1.54, 1.807) is 12.3 Å². The number of nitrogens with two attached hydrogens (primary N) is 1. The topological polar surface area (TPSA) is 30.9 Å². The van der Waals surface area contributed by atoms with E-state index in [4.69, 9.17) is 18.0 Å². The fraction of sp³-hybridized carbons (Fsp3) is 0.167. The van der Waals surface area contributed by atoms with Crippen LogP contribution in [0.5, 0.6) is 0 Å². The molecule has 0 fully saturated rings. The first-order valence-corrected chi connectivity index (χ1v) is 3.03. The average Bonchev–Trinajstić information content (AvgIpc) is 1.80. The van der Waals surface area contributed by atoms with E-state index in [0.717, 1.165) is 10.3 Å². The van der Waals surface area contributed by atoms with Crippen molar-refractivity contribution in [2.24, 2.45) is 7.05 Å². The Balaban J connectivity index is 3.34. The highest BCUT2D eigenvalue weighted by atomic mass is 32.1. The molecule has 0 bridgehead atoms. The number of rotatable bonds is 0. The predicted octanol–water partition coefficient (Wildman–Crippen LogP) is 1.34. The van der Waals surface area contributed by atoms with Crippen LogP contribution in [0.1, 0.15) is 0 Å². The minimum atomic E-state index is 0.742. The van der Waals surface area contributed by atoms with Crippen molar-refractivity contribution in [3.05, 3.63) is 23.0 Å². The minimum Gasteiger partial charge on any atom is -0.398 e. The summed E-state index contributed by atoms with van der Waals surface area (Å²) in [6.07, 6.45) is 1.79. The summed E-state index contributed by atoms with van der Waals surface area (Å²) in [6.45, 7) is 0. The van der Waals surface area contributed by atoms with E-state index < -0.39 is 0 Å². The minimum absolute atomic E-state index is 0.742. The van der Waals surface area contributed by atoms with Crippen LogP contribution in [0.4, 0.5) is 5.69 Å². The number of nitrogen functional groups attached to an aromatic ring is 1. The zero-order valence-corrected chi connectivity index (χ0v) is 5.98. The van der Waals surface area contributed by atoms with Gasteiger partial charge in [0, 0.05) is 18.9 Å². The summed E-state index contributed by atoms with van der Waals surface area (Å²) in [5, 5.41) is 0. The summed E-state index contributed by atoms with van der Waals surface area (Å²) >= 11 is 4.92. The highest BCUT2D eigenvalue weighted by Crippen LogP contribution is 1.99. The Kier molecular flexibility index (Phi) is 1.53. The quantitative estimate of drug-likeness (QED) is 0.551. The van der Waals surface area contributed by atoms with Gasteiger partial charge in [0.05, 0.1) is 0 Å². The second kappa shape index (κ2) is 2.19. The van der Waals surface area contributed by atoms with E-state index >= 15 is 0 Å². The van der Waals surface area contributed by atoms with Crippen molar-refractivity contribution in [2.45, 2.75) is 0 Å². The summed E-state index contributed by atoms with van der Waals surface area (Å²) in [4.78, 5) is 0. The Morgan fingerprint density at radius 3 is 2.67 bits per heavy atom. The number of aromatic nitrogens is 1. The van der Waals surface area contributed by atoms with Gasteiger partial charge in [-0.05, 0) is 12.1 Å². The first-order valence-electron chi connectivity index (χ1n) is 2.62. The van der Waals surface area contributed by atoms with Crippen molar-refractivity contribution < 1.29 is 0 Å². The SMILES string of the molecule is Cn1cc(N)ccc1=S. The van der Waals surface area contributed by atoms with Crippen LogP contribution in [0.3, 0.4) is 0 Å². The lowest BCUT2D eigenvalue weighted by Gasteiger charge is -1.97. The van der Waals surface area contributed by atoms with Crippen molar-refractivity contribution in [2.75, 3.05) is 5.73 Å². The molecule has 2 N–H and O–H groups in total. The van der Waals surface area contributed by atoms with E-state index in [2.05, 4.69) is 0 Å². The van der Waals surface area contributed by atoms with Crippen molar-refractivity contribution in [1.29, 1.82) is 0 Å². The molecular weight excluding hydrogens is 132 g/mol. The third-order valence-corrected chi connectivity index (χ3v) is 1.53. The van der Waals surface area contributed by atoms with Crippen LogP contribution in [0, 0.1) is 4.64 Å². The standard InChI is InChI=1S/C6H8N2S/c1-8-4-5(7)2-3-6(8)9/h2-4H,7H2,1H3. The number of aryl methyl sites for hydroxylation is 1. The van der Waals surface area contributed by atoms with Gasteiger partial charge in [0.2, 0.25) is 0 Å². The fourth-order valence-electron chi connectivity index (χ4n) is 0.615. The molecule has 1 rings (SSSR count). The summed E-state index contributed by atoms with van der Waals surface area (Å²) in [5.41, 5.74) is 6.20. The Labute approximate surface area is 58.9 Å². The van der Waals surface area contributed by atoms with E-state index in [9.17, 15) is 0 Å². The second-order valence-corrected chi connectivity index (χ2v) is 2.33. The number of hydrogen-bond acceptors (Lipinski definition) is 2. The van der Waals surface area contributed by atoms with Gasteiger partial charge >= 0.3 is 0 Å². The van der Waals surface area contributed by atoms with Crippen LogP contribution in [-0.4, -0.2) is 4.57 Å². The van der Waals surface area contributed by atoms with Gasteiger partial charge in [0.15, 0.2) is 0 Å². The number of anilines is 1. The molecule has 1 heterocycles. The zero-order chi connectivity index (χ0) is 6.85. The lowest BCUT2D eigenvalue weighted by atomic mass is 10.4. The van der Waals surface area contributed by atoms with Crippen LogP contribution in [0.25, 0.3) is 0 Å². The molecule has 1 aromatic rings. The predicted molar refractivity (Wildman–Crippen MR) is 40.7 cm³/mol. The maximum Gasteiger partial charge on any atom is 0.105 e. The molecule has 3 heteroatoms. The monoisotopic (exact) mass is 140 g/mol. The Morgan fingerprint density at radius 1 is 1.56 bits per heavy atom. The Bertz CT molecular complexity index is 264. The first-order chi connectivity index (χ1) is 4.20. The lowest BCUT2D eigenvalue weighted by molar-refractivity contribution is 0.890. The first kappa shape index (κ1) is 6.29. The van der Waals surface area contributed by atoms with Crippen molar-refractivity contribution in [3.63, 3.8) is 0 Å². The molecule has 0 aliphatic carbocycles. The van der Waals surface area contributed by atoms with E-state index in [1.165, 1.54) is 0 Å². The van der Waals surface area contributed by atoms with Crippen LogP contribution in [0.15, 0.2) is 18.3 Å². The van der Waals surface area contributed by atoms with E-state index in [1.807, 2.05) is 17.7 Å². The van der Waals surface area contributed by atoms with Gasteiger partial charge in [-0.1, -0.05) is 12.2 Å². The smallest absolute Gasteiger partial charge is 0.105 e. The van der Waals surface area contributed by atoms with Crippen LogP contribution in [0.2, 0.25) is 0 Å². The van der Waals surface area contributed by atoms with Gasteiger partial charge in [-0.15, -0.1) is 0 Å². The molecule has 1 aromatic heterocycles. The van der Waals surface area contributed by atoms with E-state index in [-0.39, 0.29) is 0 Å². The van der Waals surface area contributed by atoms with Gasteiger partial charge < -0.3 is 10.3 Å². The number of pyridine rings is 1. The van der Waals surface area contributed by atoms with Gasteiger partial charge in [-0.3, -0.25) is 0 Å². The molecule has 0 aromatic carbocycles. The third-order valence-electron chi connectivity index (χ3n) is 1.11. The summed E-state index contributed by atoms with van der Waals surface area (Å²) in [7, 11) is 1.87. The Morgan fingerprint density at radius 2 is 2.22 bits per heavy atom. The molecule has 0 unspecified atom stereocenters. The Hall–Kier alpha value is -0.830. The van der Waals surface area contributed by atoms with Crippen LogP contribution >= 0.6 is 12.2 Å². The molecule has 0 amide bonds. The summed E-state index contributed by atoms with van der Waals surface area (Å²) in [6, 6.07) is 3.60. The highest BCUT2D eigenvalue weighted by molar-refractivity contribution is 7.71. The molecule has 0 saturated heterocycles. The molecule has 0 spiro atoms. The molecule has 9 heavy (non-hydrogen) atoms. The van der Waals surface area contributed by atoms with Gasteiger partial charge in [0.1, 0.15) is 4.64 Å². The lowest BCUT2D eigenvalue weighted by Crippen LogP contribution is -1.93. The highest BCUT2D eigenvalue weighted by Gasteiger charge is 1.83. The molecule has 0 atom stereocenters. The maximum absolute atomic E-state index is 5.46. The van der Waals surface area contributed by atoms with E-state index in [0.29, 0.717) is 0 Å². The summed E-state index contributed by atoms with van der Waals surface area (Å²) < 4.78 is 2.61. The molecular formula is C6H8N2S. The van der Waals surface area contributed by atoms with Crippen molar-refractivity contribution in [3.8, 4) is 0 Å². The molecule has 0 aliphatic rings.